The highest BCUT2D eigenvalue weighted by atomic mass is 35.5. The third kappa shape index (κ3) is 4.33. The highest BCUT2D eigenvalue weighted by Crippen LogP contribution is 2.30. The molecule has 7 nitrogen and oxygen atoms in total. The highest BCUT2D eigenvalue weighted by Gasteiger charge is 2.17. The maximum Gasteiger partial charge on any atom is 0.411 e. The van der Waals surface area contributed by atoms with E-state index in [1.807, 2.05) is 6.07 Å². The van der Waals surface area contributed by atoms with Crippen molar-refractivity contribution in [3.05, 3.63) is 63.2 Å². The molecule has 1 N–H and O–H groups in total. The minimum atomic E-state index is -0.794. The molecule has 0 aliphatic rings. The van der Waals surface area contributed by atoms with Crippen molar-refractivity contribution in [3.63, 3.8) is 0 Å². The van der Waals surface area contributed by atoms with Crippen LogP contribution in [0.1, 0.15) is 5.56 Å². The summed E-state index contributed by atoms with van der Waals surface area (Å²) in [5, 5.41) is 13.9. The Balaban J connectivity index is 2.17. The van der Waals surface area contributed by atoms with E-state index in [2.05, 4.69) is 10.1 Å². The van der Waals surface area contributed by atoms with Gasteiger partial charge in [-0.25, -0.2) is 4.79 Å². The van der Waals surface area contributed by atoms with Gasteiger partial charge in [-0.1, -0.05) is 29.8 Å². The third-order valence-corrected chi connectivity index (χ3v) is 3.31. The van der Waals surface area contributed by atoms with Gasteiger partial charge in [0, 0.05) is 10.6 Å². The lowest BCUT2D eigenvalue weighted by atomic mass is 10.2. The Kier molecular flexibility index (Phi) is 5.37. The van der Waals surface area contributed by atoms with Crippen molar-refractivity contribution >= 4 is 29.1 Å². The number of hydrogen-bond acceptors (Lipinski definition) is 5. The van der Waals surface area contributed by atoms with E-state index >= 15 is 0 Å². The molecule has 0 atom stereocenters. The van der Waals surface area contributed by atoms with Gasteiger partial charge in [-0.2, -0.15) is 0 Å². The third-order valence-electron chi connectivity index (χ3n) is 2.94. The summed E-state index contributed by atoms with van der Waals surface area (Å²) in [7, 11) is 1.17. The van der Waals surface area contributed by atoms with E-state index in [9.17, 15) is 14.9 Å². The maximum atomic E-state index is 11.2. The van der Waals surface area contributed by atoms with Gasteiger partial charge >= 0.3 is 6.09 Å². The zero-order chi connectivity index (χ0) is 16.8. The smallest absolute Gasteiger partial charge is 0.411 e. The summed E-state index contributed by atoms with van der Waals surface area (Å²) in [6.07, 6.45) is -0.794. The van der Waals surface area contributed by atoms with Gasteiger partial charge in [0.05, 0.1) is 18.1 Å². The molecular weight excluding hydrogens is 324 g/mol. The molecule has 120 valence electrons. The van der Waals surface area contributed by atoms with Gasteiger partial charge < -0.3 is 9.47 Å². The van der Waals surface area contributed by atoms with Gasteiger partial charge in [-0.3, -0.25) is 15.4 Å². The minimum Gasteiger partial charge on any atom is -0.489 e. The van der Waals surface area contributed by atoms with Crippen molar-refractivity contribution in [1.82, 2.24) is 0 Å². The molecule has 23 heavy (non-hydrogen) atoms. The van der Waals surface area contributed by atoms with Crippen LogP contribution in [0.25, 0.3) is 0 Å². The largest absolute Gasteiger partial charge is 0.489 e. The van der Waals surface area contributed by atoms with E-state index < -0.39 is 11.0 Å². The average Bonchev–Trinajstić information content (AvgIpc) is 2.54. The lowest BCUT2D eigenvalue weighted by molar-refractivity contribution is -0.384. The summed E-state index contributed by atoms with van der Waals surface area (Å²) in [6.45, 7) is 0.167. The fraction of sp³-hybridized carbons (Fsp3) is 0.133. The molecule has 0 unspecified atom stereocenters. The molecule has 2 rings (SSSR count). The molecule has 8 heteroatoms. The molecule has 1 amide bonds. The van der Waals surface area contributed by atoms with Gasteiger partial charge in [0.25, 0.3) is 5.69 Å². The van der Waals surface area contributed by atoms with Crippen molar-refractivity contribution < 1.29 is 19.2 Å². The monoisotopic (exact) mass is 336 g/mol. The number of rotatable bonds is 5. The molecule has 0 heterocycles. The topological polar surface area (TPSA) is 90.7 Å². The molecule has 0 aromatic heterocycles. The average molecular weight is 337 g/mol. The second kappa shape index (κ2) is 7.46. The summed E-state index contributed by atoms with van der Waals surface area (Å²) in [6, 6.07) is 11.2. The van der Waals surface area contributed by atoms with E-state index in [1.54, 1.807) is 18.2 Å². The predicted octanol–water partition coefficient (Wildman–Crippen LogP) is 4.01. The Labute approximate surface area is 136 Å². The Morgan fingerprint density at radius 1 is 1.30 bits per heavy atom. The zero-order valence-electron chi connectivity index (χ0n) is 12.1. The van der Waals surface area contributed by atoms with Gasteiger partial charge in [0.15, 0.2) is 0 Å². The quantitative estimate of drug-likeness (QED) is 0.658. The lowest BCUT2D eigenvalue weighted by Gasteiger charge is -2.09. The van der Waals surface area contributed by atoms with Crippen LogP contribution >= 0.6 is 11.6 Å². The Bertz CT molecular complexity index is 736. The molecule has 0 saturated carbocycles. The van der Waals surface area contributed by atoms with E-state index in [1.165, 1.54) is 25.3 Å². The van der Waals surface area contributed by atoms with Crippen LogP contribution in [0.2, 0.25) is 5.02 Å². The number of carbonyl (C=O) groups is 1. The number of amides is 1. The molecule has 0 aliphatic heterocycles. The number of nitrogens with one attached hydrogen (secondary N) is 1. The Hall–Kier alpha value is -2.80. The first kappa shape index (κ1) is 16.6. The van der Waals surface area contributed by atoms with Crippen LogP contribution in [0.5, 0.6) is 5.75 Å². The Morgan fingerprint density at radius 2 is 2.04 bits per heavy atom. The van der Waals surface area contributed by atoms with Crippen molar-refractivity contribution in [2.24, 2.45) is 0 Å². The maximum absolute atomic E-state index is 11.2. The number of carbonyl (C=O) groups excluding carboxylic acids is 1. The number of halogens is 1. The predicted molar refractivity (Wildman–Crippen MR) is 84.9 cm³/mol. The molecular formula is C15H13ClN2O5. The Morgan fingerprint density at radius 3 is 2.70 bits per heavy atom. The molecule has 0 spiro atoms. The number of nitro groups is 1. The molecule has 0 fully saturated rings. The van der Waals surface area contributed by atoms with Crippen LogP contribution in [0, 0.1) is 10.1 Å². The van der Waals surface area contributed by atoms with Gasteiger partial charge in [-0.15, -0.1) is 0 Å². The molecule has 0 saturated heterocycles. The summed E-state index contributed by atoms with van der Waals surface area (Å²) in [5.41, 5.74) is 0.479. The first-order valence-corrected chi connectivity index (χ1v) is 6.88. The SMILES string of the molecule is COC(=O)Nc1ccc(OCc2ccccc2Cl)cc1[N+](=O)[O-]. The van der Waals surface area contributed by atoms with Gasteiger partial charge in [-0.05, 0) is 18.2 Å². The molecule has 0 radical (unpaired) electrons. The summed E-state index contributed by atoms with van der Waals surface area (Å²) in [4.78, 5) is 21.7. The normalized spacial score (nSPS) is 10.0. The van der Waals surface area contributed by atoms with Crippen molar-refractivity contribution in [2.45, 2.75) is 6.61 Å². The first-order valence-electron chi connectivity index (χ1n) is 6.51. The van der Waals surface area contributed by atoms with E-state index in [0.717, 1.165) is 5.56 Å². The van der Waals surface area contributed by atoms with Crippen molar-refractivity contribution in [2.75, 3.05) is 12.4 Å². The molecule has 2 aromatic carbocycles. The van der Waals surface area contributed by atoms with E-state index in [4.69, 9.17) is 16.3 Å². The fourth-order valence-corrected chi connectivity index (χ4v) is 1.99. The second-order valence-electron chi connectivity index (χ2n) is 4.43. The van der Waals surface area contributed by atoms with Crippen LogP contribution in [-0.4, -0.2) is 18.1 Å². The van der Waals surface area contributed by atoms with Crippen molar-refractivity contribution in [1.29, 1.82) is 0 Å². The second-order valence-corrected chi connectivity index (χ2v) is 4.84. The number of benzene rings is 2. The standard InChI is InChI=1S/C15H13ClN2O5/c1-22-15(19)17-13-7-6-11(8-14(13)18(20)21)23-9-10-4-2-3-5-12(10)16/h2-8H,9H2,1H3,(H,17,19). The lowest BCUT2D eigenvalue weighted by Crippen LogP contribution is -2.12. The number of nitro benzene ring substituents is 1. The van der Waals surface area contributed by atoms with Crippen molar-refractivity contribution in [3.8, 4) is 5.75 Å². The molecule has 0 aliphatic carbocycles. The number of methoxy groups -OCH3 is 1. The van der Waals surface area contributed by atoms with Crippen LogP contribution in [0.15, 0.2) is 42.5 Å². The van der Waals surface area contributed by atoms with E-state index in [0.29, 0.717) is 5.02 Å². The summed E-state index contributed by atoms with van der Waals surface area (Å²) in [5.74, 6) is 0.284. The molecule has 0 bridgehead atoms. The number of nitrogens with zero attached hydrogens (tertiary/aromatic N) is 1. The number of ether oxygens (including phenoxy) is 2. The van der Waals surface area contributed by atoms with Crippen LogP contribution < -0.4 is 10.1 Å². The summed E-state index contributed by atoms with van der Waals surface area (Å²) < 4.78 is 9.94. The first-order chi connectivity index (χ1) is 11.0. The summed E-state index contributed by atoms with van der Waals surface area (Å²) >= 11 is 6.02. The number of anilines is 1. The fourth-order valence-electron chi connectivity index (χ4n) is 1.80. The van der Waals surface area contributed by atoms with E-state index in [-0.39, 0.29) is 23.7 Å². The highest BCUT2D eigenvalue weighted by molar-refractivity contribution is 6.31. The van der Waals surface area contributed by atoms with Crippen LogP contribution in [0.4, 0.5) is 16.2 Å². The van der Waals surface area contributed by atoms with Crippen LogP contribution in [-0.2, 0) is 11.3 Å². The van der Waals surface area contributed by atoms with Gasteiger partial charge in [0.2, 0.25) is 0 Å². The molecule has 2 aromatic rings. The minimum absolute atomic E-state index is 0.0203. The van der Waals surface area contributed by atoms with Crippen LogP contribution in [0.3, 0.4) is 0 Å². The van der Waals surface area contributed by atoms with Gasteiger partial charge in [0.1, 0.15) is 18.0 Å². The number of hydrogen-bond donors (Lipinski definition) is 1. The zero-order valence-corrected chi connectivity index (χ0v) is 12.9.